The van der Waals surface area contributed by atoms with Crippen LogP contribution in [0.3, 0.4) is 0 Å². The van der Waals surface area contributed by atoms with Gasteiger partial charge < -0.3 is 4.43 Å². The van der Waals surface area contributed by atoms with Crippen LogP contribution in [0.25, 0.3) is 0 Å². The summed E-state index contributed by atoms with van der Waals surface area (Å²) in [5, 5.41) is 0.105. The first kappa shape index (κ1) is 19.6. The summed E-state index contributed by atoms with van der Waals surface area (Å²) in [4.78, 5) is 3.75. The van der Waals surface area contributed by atoms with Gasteiger partial charge in [-0.15, -0.1) is 0 Å². The quantitative estimate of drug-likeness (QED) is 0.534. The number of alkyl halides is 3. The van der Waals surface area contributed by atoms with Crippen LogP contribution in [0.1, 0.15) is 54.9 Å². The molecular formula is C14H28F3NOSi. The van der Waals surface area contributed by atoms with Gasteiger partial charge in [-0.25, -0.2) is 0 Å². The van der Waals surface area contributed by atoms with Gasteiger partial charge in [0.15, 0.2) is 9.76 Å². The predicted octanol–water partition coefficient (Wildman–Crippen LogP) is 4.13. The van der Waals surface area contributed by atoms with E-state index < -0.39 is 27.6 Å². The second kappa shape index (κ2) is 7.07. The zero-order valence-corrected chi connectivity index (χ0v) is 15.0. The van der Waals surface area contributed by atoms with E-state index in [9.17, 15) is 13.2 Å². The van der Waals surface area contributed by atoms with Crippen molar-refractivity contribution in [1.82, 2.24) is 0 Å². The molecule has 0 aliphatic heterocycles. The molecule has 2 nitrogen and oxygen atoms in total. The van der Waals surface area contributed by atoms with Crippen LogP contribution in [-0.2, 0) is 4.43 Å². The molecule has 0 fully saturated rings. The summed E-state index contributed by atoms with van der Waals surface area (Å²) in [5.41, 5.74) is -0.661. The minimum atomic E-state index is -4.37. The summed E-state index contributed by atoms with van der Waals surface area (Å²) >= 11 is 0. The molecule has 0 heterocycles. The Balaban J connectivity index is 4.95. The highest BCUT2D eigenvalue weighted by Crippen LogP contribution is 2.29. The first-order valence-electron chi connectivity index (χ1n) is 6.98. The van der Waals surface area contributed by atoms with Crippen LogP contribution in [-0.4, -0.2) is 33.8 Å². The van der Waals surface area contributed by atoms with Gasteiger partial charge in [0, 0.05) is 0 Å². The van der Waals surface area contributed by atoms with Gasteiger partial charge in [-0.2, -0.15) is 13.2 Å². The summed E-state index contributed by atoms with van der Waals surface area (Å²) in [6, 6.07) is -0.473. The van der Waals surface area contributed by atoms with Crippen molar-refractivity contribution in [2.24, 2.45) is 10.9 Å². The van der Waals surface area contributed by atoms with E-state index >= 15 is 0 Å². The average molecular weight is 311 g/mol. The highest BCUT2D eigenvalue weighted by Gasteiger charge is 2.33. The molecule has 0 saturated heterocycles. The molecule has 120 valence electrons. The van der Waals surface area contributed by atoms with Crippen molar-refractivity contribution in [3.05, 3.63) is 0 Å². The number of nitrogens with zero attached hydrogens (tertiary/aromatic N) is 1. The van der Waals surface area contributed by atoms with Gasteiger partial charge in [-0.1, -0.05) is 34.6 Å². The number of hydrogen-bond acceptors (Lipinski definition) is 2. The molecule has 0 N–H and O–H groups in total. The molecule has 1 atom stereocenters. The molecule has 0 rings (SSSR count). The fraction of sp³-hybridized carbons (Fsp3) is 0.929. The van der Waals surface area contributed by atoms with Crippen LogP contribution in [0.2, 0.25) is 5.04 Å². The maximum Gasteiger partial charge on any atom is 0.426 e. The Morgan fingerprint density at radius 1 is 1.10 bits per heavy atom. The van der Waals surface area contributed by atoms with Crippen LogP contribution >= 0.6 is 0 Å². The predicted molar refractivity (Wildman–Crippen MR) is 81.2 cm³/mol. The fourth-order valence-corrected chi connectivity index (χ4v) is 2.64. The molecule has 0 aromatic rings. The van der Waals surface area contributed by atoms with Gasteiger partial charge in [-0.05, 0) is 31.2 Å². The van der Waals surface area contributed by atoms with Gasteiger partial charge in [0.25, 0.3) is 0 Å². The largest absolute Gasteiger partial charge is 0.426 e. The van der Waals surface area contributed by atoms with Gasteiger partial charge in [0.1, 0.15) is 6.21 Å². The lowest BCUT2D eigenvalue weighted by Gasteiger charge is -2.35. The van der Waals surface area contributed by atoms with E-state index in [4.69, 9.17) is 4.43 Å². The van der Waals surface area contributed by atoms with E-state index in [1.165, 1.54) is 0 Å². The molecule has 0 radical (unpaired) electrons. The average Bonchev–Trinajstić information content (AvgIpc) is 2.18. The van der Waals surface area contributed by atoms with Crippen LogP contribution < -0.4 is 0 Å². The molecule has 6 heteroatoms. The summed E-state index contributed by atoms with van der Waals surface area (Å²) in [7, 11) is -0.838. The Bertz CT molecular complexity index is 319. The summed E-state index contributed by atoms with van der Waals surface area (Å²) < 4.78 is 43.0. The maximum absolute atomic E-state index is 12.3. The lowest BCUT2D eigenvalue weighted by atomic mass is 9.91. The lowest BCUT2D eigenvalue weighted by molar-refractivity contribution is -0.0544. The number of rotatable bonds is 6. The zero-order valence-electron chi connectivity index (χ0n) is 13.6. The van der Waals surface area contributed by atoms with E-state index in [1.807, 2.05) is 27.7 Å². The van der Waals surface area contributed by atoms with E-state index in [1.54, 1.807) is 0 Å². The smallest absolute Gasteiger partial charge is 0.416 e. The fourth-order valence-electron chi connectivity index (χ4n) is 1.64. The molecule has 0 aromatic carbocycles. The Morgan fingerprint density at radius 2 is 1.60 bits per heavy atom. The lowest BCUT2D eigenvalue weighted by Crippen LogP contribution is -2.41. The van der Waals surface area contributed by atoms with Crippen LogP contribution in [0.4, 0.5) is 13.2 Å². The van der Waals surface area contributed by atoms with Crippen molar-refractivity contribution in [1.29, 1.82) is 0 Å². The zero-order chi connectivity index (χ0) is 16.2. The van der Waals surface area contributed by atoms with Crippen molar-refractivity contribution in [2.75, 3.05) is 0 Å². The Morgan fingerprint density at radius 3 is 1.95 bits per heavy atom. The van der Waals surface area contributed by atoms with Crippen molar-refractivity contribution in [2.45, 2.75) is 77.7 Å². The summed E-state index contributed by atoms with van der Waals surface area (Å²) in [5.74, 6) is 0.268. The third-order valence-electron chi connectivity index (χ3n) is 2.78. The van der Waals surface area contributed by atoms with Crippen molar-refractivity contribution < 1.29 is 17.6 Å². The van der Waals surface area contributed by atoms with E-state index in [0.29, 0.717) is 6.42 Å². The van der Waals surface area contributed by atoms with Crippen LogP contribution in [0.5, 0.6) is 0 Å². The molecule has 0 aliphatic rings. The molecule has 0 saturated carbocycles. The summed E-state index contributed by atoms with van der Waals surface area (Å²) in [6.45, 7) is 13.9. The minimum absolute atomic E-state index is 0.101. The molecule has 0 aromatic heterocycles. The third kappa shape index (κ3) is 9.53. The molecule has 20 heavy (non-hydrogen) atoms. The molecule has 0 aliphatic carbocycles. The monoisotopic (exact) mass is 311 g/mol. The summed E-state index contributed by atoms with van der Waals surface area (Å²) in [6.07, 6.45) is -3.69. The van der Waals surface area contributed by atoms with Gasteiger partial charge >= 0.3 is 6.18 Å². The SMILES string of the molecule is CC(C)C[C@H](N=CC(F)(F)F)C(C)(C)O[SiH2]C(C)(C)C. The van der Waals surface area contributed by atoms with Crippen molar-refractivity contribution >= 4 is 16.0 Å². The van der Waals surface area contributed by atoms with E-state index in [-0.39, 0.29) is 17.2 Å². The number of aliphatic imine (C=N–C) groups is 1. The molecule has 0 unspecified atom stereocenters. The second-order valence-electron chi connectivity index (χ2n) is 7.42. The van der Waals surface area contributed by atoms with Gasteiger partial charge in [-0.3, -0.25) is 4.99 Å². The highest BCUT2D eigenvalue weighted by molar-refractivity contribution is 6.31. The highest BCUT2D eigenvalue weighted by atomic mass is 28.2. The Hall–Kier alpha value is -0.363. The first-order chi connectivity index (χ1) is 8.73. The second-order valence-corrected chi connectivity index (χ2v) is 10.1. The minimum Gasteiger partial charge on any atom is -0.416 e. The maximum atomic E-state index is 12.3. The topological polar surface area (TPSA) is 21.6 Å². The Kier molecular flexibility index (Phi) is 6.94. The number of hydrogen-bond donors (Lipinski definition) is 0. The third-order valence-corrected chi connectivity index (χ3v) is 4.53. The van der Waals surface area contributed by atoms with E-state index in [2.05, 4.69) is 25.8 Å². The van der Waals surface area contributed by atoms with Crippen molar-refractivity contribution in [3.8, 4) is 0 Å². The van der Waals surface area contributed by atoms with Crippen LogP contribution in [0, 0.1) is 5.92 Å². The Labute approximate surface area is 123 Å². The van der Waals surface area contributed by atoms with Crippen molar-refractivity contribution in [3.63, 3.8) is 0 Å². The number of halogens is 3. The van der Waals surface area contributed by atoms with Gasteiger partial charge in [0.2, 0.25) is 0 Å². The normalized spacial score (nSPS) is 16.8. The standard InChI is InChI=1S/C14H28F3NOSi/c1-10(2)8-11(18-9-14(15,16)17)13(6,7)19-20-12(3,4)5/h9-11H,8,20H2,1-7H3/t11-/m0/s1. The van der Waals surface area contributed by atoms with E-state index in [0.717, 1.165) is 0 Å². The molecule has 0 spiro atoms. The first-order valence-corrected chi connectivity index (χ1v) is 8.26. The van der Waals surface area contributed by atoms with Gasteiger partial charge in [0.05, 0.1) is 11.6 Å². The molecule has 0 bridgehead atoms. The van der Waals surface area contributed by atoms with Crippen LogP contribution in [0.15, 0.2) is 4.99 Å². The molecule has 0 amide bonds. The molecular weight excluding hydrogens is 283 g/mol.